The molecule has 0 fully saturated rings. The Morgan fingerprint density at radius 3 is 2.53 bits per heavy atom. The van der Waals surface area contributed by atoms with Crippen LogP contribution in [0.4, 0.5) is 5.69 Å². The van der Waals surface area contributed by atoms with Crippen molar-refractivity contribution < 1.29 is 9.66 Å². The molecule has 0 radical (unpaired) electrons. The Kier molecular flexibility index (Phi) is 2.95. The summed E-state index contributed by atoms with van der Waals surface area (Å²) in [7, 11) is 0. The standard InChI is InChI=1S/C11H9N3O3/c1-8-6-11(13-7-12-8)17-10-4-2-9(3-5-10)14(15)16/h2-7H,1H3. The highest BCUT2D eigenvalue weighted by Crippen LogP contribution is 2.22. The van der Waals surface area contributed by atoms with Crippen LogP contribution in [0.2, 0.25) is 0 Å². The first-order valence-electron chi connectivity index (χ1n) is 4.86. The molecule has 1 heterocycles. The summed E-state index contributed by atoms with van der Waals surface area (Å²) in [4.78, 5) is 17.9. The van der Waals surface area contributed by atoms with Gasteiger partial charge in [0.25, 0.3) is 5.69 Å². The third kappa shape index (κ3) is 2.75. The summed E-state index contributed by atoms with van der Waals surface area (Å²) in [6, 6.07) is 7.49. The maximum atomic E-state index is 10.5. The number of aromatic nitrogens is 2. The van der Waals surface area contributed by atoms with Crippen LogP contribution in [-0.4, -0.2) is 14.9 Å². The molecule has 1 aromatic carbocycles. The van der Waals surface area contributed by atoms with E-state index in [4.69, 9.17) is 4.74 Å². The lowest BCUT2D eigenvalue weighted by Gasteiger charge is -2.03. The lowest BCUT2D eigenvalue weighted by molar-refractivity contribution is -0.384. The van der Waals surface area contributed by atoms with Gasteiger partial charge in [-0.3, -0.25) is 10.1 Å². The van der Waals surface area contributed by atoms with Crippen molar-refractivity contribution in [2.24, 2.45) is 0 Å². The van der Waals surface area contributed by atoms with Crippen LogP contribution >= 0.6 is 0 Å². The Balaban J connectivity index is 2.16. The second-order valence-corrected chi connectivity index (χ2v) is 3.35. The zero-order valence-corrected chi connectivity index (χ0v) is 9.03. The van der Waals surface area contributed by atoms with Gasteiger partial charge >= 0.3 is 0 Å². The first kappa shape index (κ1) is 11.0. The van der Waals surface area contributed by atoms with Crippen LogP contribution < -0.4 is 4.74 Å². The minimum atomic E-state index is -0.460. The van der Waals surface area contributed by atoms with Crippen molar-refractivity contribution in [3.63, 3.8) is 0 Å². The number of hydrogen-bond acceptors (Lipinski definition) is 5. The number of ether oxygens (including phenoxy) is 1. The molecule has 0 amide bonds. The topological polar surface area (TPSA) is 78.2 Å². The van der Waals surface area contributed by atoms with Gasteiger partial charge in [-0.05, 0) is 19.1 Å². The average molecular weight is 231 g/mol. The number of hydrogen-bond donors (Lipinski definition) is 0. The average Bonchev–Trinajstić information content (AvgIpc) is 2.29. The Morgan fingerprint density at radius 2 is 1.94 bits per heavy atom. The summed E-state index contributed by atoms with van der Waals surface area (Å²) in [6.45, 7) is 1.82. The molecule has 2 aromatic rings. The van der Waals surface area contributed by atoms with Gasteiger partial charge in [0.15, 0.2) is 0 Å². The highest BCUT2D eigenvalue weighted by Gasteiger charge is 2.05. The number of nitro benzene ring substituents is 1. The molecule has 1 aromatic heterocycles. The lowest BCUT2D eigenvalue weighted by atomic mass is 10.3. The molecule has 17 heavy (non-hydrogen) atoms. The van der Waals surface area contributed by atoms with E-state index in [1.807, 2.05) is 6.92 Å². The number of benzene rings is 1. The molecule has 0 aliphatic rings. The van der Waals surface area contributed by atoms with E-state index in [0.717, 1.165) is 5.69 Å². The molecule has 0 aliphatic heterocycles. The van der Waals surface area contributed by atoms with Crippen LogP contribution in [0.5, 0.6) is 11.6 Å². The monoisotopic (exact) mass is 231 g/mol. The van der Waals surface area contributed by atoms with Gasteiger partial charge in [0.05, 0.1) is 4.92 Å². The third-order valence-electron chi connectivity index (χ3n) is 2.05. The van der Waals surface area contributed by atoms with Crippen molar-refractivity contribution in [3.8, 4) is 11.6 Å². The zero-order valence-electron chi connectivity index (χ0n) is 9.03. The number of non-ortho nitro benzene ring substituents is 1. The van der Waals surface area contributed by atoms with E-state index < -0.39 is 4.92 Å². The molecule has 0 bridgehead atoms. The van der Waals surface area contributed by atoms with E-state index in [-0.39, 0.29) is 5.69 Å². The van der Waals surface area contributed by atoms with E-state index in [2.05, 4.69) is 9.97 Å². The number of rotatable bonds is 3. The predicted molar refractivity (Wildman–Crippen MR) is 59.9 cm³/mol. The summed E-state index contributed by atoms with van der Waals surface area (Å²) in [5, 5.41) is 10.5. The molecule has 0 N–H and O–H groups in total. The Morgan fingerprint density at radius 1 is 1.24 bits per heavy atom. The second kappa shape index (κ2) is 4.56. The van der Waals surface area contributed by atoms with Crippen LogP contribution in [0, 0.1) is 17.0 Å². The highest BCUT2D eigenvalue weighted by molar-refractivity contribution is 5.37. The van der Waals surface area contributed by atoms with Crippen LogP contribution in [0.15, 0.2) is 36.7 Å². The van der Waals surface area contributed by atoms with Crippen LogP contribution in [0.1, 0.15) is 5.69 Å². The molecule has 0 saturated heterocycles. The second-order valence-electron chi connectivity index (χ2n) is 3.35. The Labute approximate surface area is 97.1 Å². The van der Waals surface area contributed by atoms with Gasteiger partial charge < -0.3 is 4.74 Å². The third-order valence-corrected chi connectivity index (χ3v) is 2.05. The Hall–Kier alpha value is -2.50. The fraction of sp³-hybridized carbons (Fsp3) is 0.0909. The smallest absolute Gasteiger partial charge is 0.269 e. The molecule has 6 heteroatoms. The van der Waals surface area contributed by atoms with Gasteiger partial charge in [-0.2, -0.15) is 0 Å². The largest absolute Gasteiger partial charge is 0.439 e. The number of aryl methyl sites for hydroxylation is 1. The van der Waals surface area contributed by atoms with Gasteiger partial charge in [0, 0.05) is 23.9 Å². The normalized spacial score (nSPS) is 9.94. The molecule has 0 aliphatic carbocycles. The lowest BCUT2D eigenvalue weighted by Crippen LogP contribution is -1.91. The van der Waals surface area contributed by atoms with Crippen LogP contribution in [-0.2, 0) is 0 Å². The van der Waals surface area contributed by atoms with Crippen molar-refractivity contribution >= 4 is 5.69 Å². The van der Waals surface area contributed by atoms with E-state index in [1.54, 1.807) is 6.07 Å². The van der Waals surface area contributed by atoms with Gasteiger partial charge in [-0.1, -0.05) is 0 Å². The predicted octanol–water partition coefficient (Wildman–Crippen LogP) is 2.49. The van der Waals surface area contributed by atoms with Crippen molar-refractivity contribution in [3.05, 3.63) is 52.5 Å². The van der Waals surface area contributed by atoms with E-state index >= 15 is 0 Å². The van der Waals surface area contributed by atoms with Crippen molar-refractivity contribution in [2.75, 3.05) is 0 Å². The fourth-order valence-electron chi connectivity index (χ4n) is 1.24. The SMILES string of the molecule is Cc1cc(Oc2ccc([N+](=O)[O-])cc2)ncn1. The molecular weight excluding hydrogens is 222 g/mol. The summed E-state index contributed by atoms with van der Waals surface area (Å²) in [6.07, 6.45) is 1.40. The van der Waals surface area contributed by atoms with Gasteiger partial charge in [0.1, 0.15) is 12.1 Å². The van der Waals surface area contributed by atoms with E-state index in [0.29, 0.717) is 11.6 Å². The maximum absolute atomic E-state index is 10.5. The van der Waals surface area contributed by atoms with Crippen molar-refractivity contribution in [1.82, 2.24) is 9.97 Å². The van der Waals surface area contributed by atoms with Crippen LogP contribution in [0.3, 0.4) is 0 Å². The van der Waals surface area contributed by atoms with E-state index in [9.17, 15) is 10.1 Å². The minimum Gasteiger partial charge on any atom is -0.439 e. The molecule has 0 atom stereocenters. The van der Waals surface area contributed by atoms with Crippen molar-refractivity contribution in [2.45, 2.75) is 6.92 Å². The maximum Gasteiger partial charge on any atom is 0.269 e. The van der Waals surface area contributed by atoms with Gasteiger partial charge in [0.2, 0.25) is 5.88 Å². The molecule has 0 spiro atoms. The minimum absolute atomic E-state index is 0.0243. The van der Waals surface area contributed by atoms with Gasteiger partial charge in [-0.25, -0.2) is 9.97 Å². The highest BCUT2D eigenvalue weighted by atomic mass is 16.6. The summed E-state index contributed by atoms with van der Waals surface area (Å²) in [5.41, 5.74) is 0.813. The van der Waals surface area contributed by atoms with Gasteiger partial charge in [-0.15, -0.1) is 0 Å². The molecule has 0 unspecified atom stereocenters. The molecule has 2 rings (SSSR count). The molecule has 86 valence electrons. The quantitative estimate of drug-likeness (QED) is 0.599. The molecular formula is C11H9N3O3. The first-order valence-corrected chi connectivity index (χ1v) is 4.86. The Bertz CT molecular complexity index is 540. The van der Waals surface area contributed by atoms with Crippen molar-refractivity contribution in [1.29, 1.82) is 0 Å². The summed E-state index contributed by atoms with van der Waals surface area (Å²) >= 11 is 0. The molecule has 6 nitrogen and oxygen atoms in total. The first-order chi connectivity index (χ1) is 8.15. The number of nitro groups is 1. The number of nitrogens with zero attached hydrogens (tertiary/aromatic N) is 3. The zero-order chi connectivity index (χ0) is 12.3. The summed E-state index contributed by atoms with van der Waals surface area (Å²) in [5.74, 6) is 0.903. The fourth-order valence-corrected chi connectivity index (χ4v) is 1.24. The molecule has 0 saturated carbocycles. The summed E-state index contributed by atoms with van der Waals surface area (Å²) < 4.78 is 5.42. The van der Waals surface area contributed by atoms with Crippen LogP contribution in [0.25, 0.3) is 0 Å². The van der Waals surface area contributed by atoms with E-state index in [1.165, 1.54) is 30.6 Å².